The molecule has 2 heterocycles. The second kappa shape index (κ2) is 10.6. The van der Waals surface area contributed by atoms with Crippen molar-refractivity contribution >= 4 is 5.96 Å². The molecule has 7 nitrogen and oxygen atoms in total. The number of hydrogen-bond donors (Lipinski definition) is 2. The molecule has 4 rings (SSSR count). The number of para-hydroxylation sites is 1. The van der Waals surface area contributed by atoms with Gasteiger partial charge in [-0.25, -0.2) is 9.67 Å². The molecule has 2 N–H and O–H groups in total. The highest BCUT2D eigenvalue weighted by Crippen LogP contribution is 2.18. The Kier molecular flexibility index (Phi) is 7.19. The van der Waals surface area contributed by atoms with Gasteiger partial charge in [-0.3, -0.25) is 4.68 Å². The number of nitrogens with one attached hydrogen (secondary N) is 2. The molecule has 0 aliphatic carbocycles. The highest BCUT2D eigenvalue weighted by Gasteiger charge is 2.09. The van der Waals surface area contributed by atoms with E-state index in [4.69, 9.17) is 4.99 Å². The van der Waals surface area contributed by atoms with E-state index in [9.17, 15) is 0 Å². The molecule has 2 aromatic heterocycles. The molecule has 0 saturated heterocycles. The monoisotopic (exact) mass is 441 g/mol. The van der Waals surface area contributed by atoms with Gasteiger partial charge >= 0.3 is 0 Å². The third-order valence-electron chi connectivity index (χ3n) is 5.44. The number of aliphatic imine (C=N–C) groups is 1. The van der Waals surface area contributed by atoms with Crippen LogP contribution in [0.1, 0.15) is 35.0 Å². The summed E-state index contributed by atoms with van der Waals surface area (Å²) >= 11 is 0. The second-order valence-corrected chi connectivity index (χ2v) is 7.99. The molecule has 4 aromatic rings. The quantitative estimate of drug-likeness (QED) is 0.320. The first-order valence-electron chi connectivity index (χ1n) is 11.3. The largest absolute Gasteiger partial charge is 0.357 e. The molecule has 0 amide bonds. The molecule has 7 heteroatoms. The maximum absolute atomic E-state index is 4.86. The van der Waals surface area contributed by atoms with Gasteiger partial charge in [0.1, 0.15) is 0 Å². The third kappa shape index (κ3) is 5.68. The fourth-order valence-electron chi connectivity index (χ4n) is 3.86. The first-order valence-corrected chi connectivity index (χ1v) is 11.3. The Morgan fingerprint density at radius 3 is 2.39 bits per heavy atom. The Labute approximate surface area is 195 Å². The van der Waals surface area contributed by atoms with Crippen LogP contribution in [0.5, 0.6) is 0 Å². The minimum atomic E-state index is 0.554. The summed E-state index contributed by atoms with van der Waals surface area (Å²) in [4.78, 5) is 4.86. The third-order valence-corrected chi connectivity index (χ3v) is 5.44. The lowest BCUT2D eigenvalue weighted by molar-refractivity contribution is 0.677. The fourth-order valence-corrected chi connectivity index (χ4v) is 3.86. The first-order chi connectivity index (χ1) is 16.1. The Bertz CT molecular complexity index is 1210. The molecule has 0 radical (unpaired) electrons. The Morgan fingerprint density at radius 2 is 1.70 bits per heavy atom. The van der Waals surface area contributed by atoms with Gasteiger partial charge in [0.05, 0.1) is 24.5 Å². The van der Waals surface area contributed by atoms with E-state index in [2.05, 4.69) is 77.1 Å². The molecule has 2 aromatic carbocycles. The number of benzene rings is 2. The normalized spacial score (nSPS) is 11.5. The van der Waals surface area contributed by atoms with Crippen LogP contribution in [0.25, 0.3) is 5.69 Å². The van der Waals surface area contributed by atoms with E-state index in [1.807, 2.05) is 40.7 Å². The van der Waals surface area contributed by atoms with Gasteiger partial charge < -0.3 is 10.6 Å². The van der Waals surface area contributed by atoms with E-state index in [0.717, 1.165) is 41.7 Å². The van der Waals surface area contributed by atoms with E-state index in [0.29, 0.717) is 13.1 Å². The number of hydrogen-bond acceptors (Lipinski definition) is 3. The van der Waals surface area contributed by atoms with Crippen molar-refractivity contribution in [3.05, 3.63) is 101 Å². The zero-order valence-electron chi connectivity index (χ0n) is 19.5. The predicted molar refractivity (Wildman–Crippen MR) is 132 cm³/mol. The van der Waals surface area contributed by atoms with Crippen molar-refractivity contribution in [2.24, 2.45) is 4.99 Å². The van der Waals surface area contributed by atoms with Crippen LogP contribution in [0.3, 0.4) is 0 Å². The molecule has 0 fully saturated rings. The molecular formula is C26H31N7. The lowest BCUT2D eigenvalue weighted by atomic mass is 10.1. The van der Waals surface area contributed by atoms with Crippen LogP contribution in [0.15, 0.2) is 78.0 Å². The molecule has 0 saturated carbocycles. The van der Waals surface area contributed by atoms with Gasteiger partial charge in [0.25, 0.3) is 0 Å². The fraction of sp³-hybridized carbons (Fsp3) is 0.269. The molecule has 0 aliphatic heterocycles. The van der Waals surface area contributed by atoms with Crippen LogP contribution in [0, 0.1) is 13.8 Å². The summed E-state index contributed by atoms with van der Waals surface area (Å²) in [6, 6.07) is 20.8. The zero-order valence-corrected chi connectivity index (χ0v) is 19.5. The molecule has 0 aliphatic rings. The number of aromatic nitrogens is 4. The summed E-state index contributed by atoms with van der Waals surface area (Å²) in [5, 5.41) is 15.8. The van der Waals surface area contributed by atoms with E-state index in [1.165, 1.54) is 11.1 Å². The van der Waals surface area contributed by atoms with Crippen molar-refractivity contribution in [2.75, 3.05) is 6.54 Å². The number of guanidine groups is 1. The minimum absolute atomic E-state index is 0.554. The topological polar surface area (TPSA) is 72.1 Å². The van der Waals surface area contributed by atoms with E-state index in [-0.39, 0.29) is 0 Å². The average Bonchev–Trinajstić information content (AvgIpc) is 3.45. The highest BCUT2D eigenvalue weighted by molar-refractivity contribution is 5.79. The van der Waals surface area contributed by atoms with Crippen molar-refractivity contribution in [3.8, 4) is 5.69 Å². The van der Waals surface area contributed by atoms with Crippen LogP contribution in [-0.4, -0.2) is 32.1 Å². The lowest BCUT2D eigenvalue weighted by Crippen LogP contribution is -2.37. The van der Waals surface area contributed by atoms with E-state index < -0.39 is 0 Å². The van der Waals surface area contributed by atoms with Crippen LogP contribution in [0.4, 0.5) is 0 Å². The van der Waals surface area contributed by atoms with Crippen LogP contribution < -0.4 is 10.6 Å². The van der Waals surface area contributed by atoms with Gasteiger partial charge in [0.2, 0.25) is 0 Å². The van der Waals surface area contributed by atoms with E-state index >= 15 is 0 Å². The van der Waals surface area contributed by atoms with Crippen molar-refractivity contribution < 1.29 is 0 Å². The lowest BCUT2D eigenvalue weighted by Gasteiger charge is -2.15. The van der Waals surface area contributed by atoms with Crippen molar-refractivity contribution in [2.45, 2.75) is 40.4 Å². The molecule has 0 spiro atoms. The average molecular weight is 442 g/mol. The van der Waals surface area contributed by atoms with Gasteiger partial charge in [-0.05, 0) is 55.7 Å². The smallest absolute Gasteiger partial charge is 0.191 e. The van der Waals surface area contributed by atoms with Crippen molar-refractivity contribution in [1.82, 2.24) is 30.2 Å². The van der Waals surface area contributed by atoms with E-state index in [1.54, 1.807) is 6.20 Å². The highest BCUT2D eigenvalue weighted by atomic mass is 15.3. The number of rotatable bonds is 8. The standard InChI is InChI=1S/C26H31N7/c1-4-27-26(28-17-22-10-5-6-12-24(22)19-32-15-9-14-30-32)29-18-23-11-7-8-13-25(23)33-21(3)16-20(2)31-33/h5-16H,4,17-19H2,1-3H3,(H2,27,28,29). The molecule has 170 valence electrons. The second-order valence-electron chi connectivity index (χ2n) is 7.99. The molecule has 0 unspecified atom stereocenters. The minimum Gasteiger partial charge on any atom is -0.357 e. The Balaban J connectivity index is 1.49. The maximum atomic E-state index is 4.86. The predicted octanol–water partition coefficient (Wildman–Crippen LogP) is 3.99. The number of nitrogens with zero attached hydrogens (tertiary/aromatic N) is 5. The van der Waals surface area contributed by atoms with Crippen LogP contribution in [-0.2, 0) is 19.6 Å². The SMILES string of the molecule is CCNC(=NCc1ccccc1-n1nc(C)cc1C)NCc1ccccc1Cn1cccn1. The van der Waals surface area contributed by atoms with Gasteiger partial charge in [-0.2, -0.15) is 10.2 Å². The van der Waals surface area contributed by atoms with Crippen LogP contribution in [0.2, 0.25) is 0 Å². The molecule has 0 atom stereocenters. The summed E-state index contributed by atoms with van der Waals surface area (Å²) in [7, 11) is 0. The van der Waals surface area contributed by atoms with Crippen LogP contribution >= 0.6 is 0 Å². The van der Waals surface area contributed by atoms with Gasteiger partial charge in [0, 0.05) is 31.2 Å². The van der Waals surface area contributed by atoms with Gasteiger partial charge in [-0.1, -0.05) is 42.5 Å². The molecule has 33 heavy (non-hydrogen) atoms. The van der Waals surface area contributed by atoms with Crippen molar-refractivity contribution in [1.29, 1.82) is 0 Å². The summed E-state index contributed by atoms with van der Waals surface area (Å²) in [6.07, 6.45) is 3.79. The van der Waals surface area contributed by atoms with Gasteiger partial charge in [0.15, 0.2) is 5.96 Å². The number of aryl methyl sites for hydroxylation is 2. The summed E-state index contributed by atoms with van der Waals surface area (Å²) in [6.45, 7) is 8.94. The summed E-state index contributed by atoms with van der Waals surface area (Å²) in [5.74, 6) is 0.787. The zero-order chi connectivity index (χ0) is 23.0. The first kappa shape index (κ1) is 22.3. The van der Waals surface area contributed by atoms with Crippen molar-refractivity contribution in [3.63, 3.8) is 0 Å². The molecular weight excluding hydrogens is 410 g/mol. The molecule has 0 bridgehead atoms. The maximum Gasteiger partial charge on any atom is 0.191 e. The van der Waals surface area contributed by atoms with Gasteiger partial charge in [-0.15, -0.1) is 0 Å². The summed E-state index contributed by atoms with van der Waals surface area (Å²) < 4.78 is 3.93. The summed E-state index contributed by atoms with van der Waals surface area (Å²) in [5.41, 5.74) is 6.77. The Morgan fingerprint density at radius 1 is 0.939 bits per heavy atom. The Hall–Kier alpha value is -3.87.